The molecule has 154 valence electrons. The Bertz CT molecular complexity index is 1060. The van der Waals surface area contributed by atoms with Crippen LogP contribution in [0.3, 0.4) is 0 Å². The minimum absolute atomic E-state index is 0.0271. The summed E-state index contributed by atoms with van der Waals surface area (Å²) in [5.74, 6) is 0.904. The number of fused-ring (bicyclic) bond motifs is 2. The SMILES string of the molecule is Cc1ccc(-c2nc(C(=O)NC3CCCc4ccccc43)c3n2CCCCC3)cc1. The molecule has 1 atom stereocenters. The zero-order valence-corrected chi connectivity index (χ0v) is 17.7. The number of rotatable bonds is 3. The zero-order valence-electron chi connectivity index (χ0n) is 17.7. The number of hydrogen-bond acceptors (Lipinski definition) is 2. The van der Waals surface area contributed by atoms with Gasteiger partial charge in [-0.15, -0.1) is 0 Å². The van der Waals surface area contributed by atoms with E-state index < -0.39 is 0 Å². The van der Waals surface area contributed by atoms with E-state index in [1.807, 2.05) is 0 Å². The molecule has 2 aromatic carbocycles. The summed E-state index contributed by atoms with van der Waals surface area (Å²) in [5, 5.41) is 3.32. The van der Waals surface area contributed by atoms with Gasteiger partial charge in [0.15, 0.2) is 0 Å². The van der Waals surface area contributed by atoms with E-state index in [-0.39, 0.29) is 11.9 Å². The molecule has 4 nitrogen and oxygen atoms in total. The summed E-state index contributed by atoms with van der Waals surface area (Å²) >= 11 is 0. The molecule has 0 bridgehead atoms. The summed E-state index contributed by atoms with van der Waals surface area (Å²) < 4.78 is 2.29. The van der Waals surface area contributed by atoms with E-state index in [1.54, 1.807) is 0 Å². The molecule has 0 spiro atoms. The van der Waals surface area contributed by atoms with E-state index in [9.17, 15) is 4.79 Å². The standard InChI is InChI=1S/C26H29N3O/c1-18-13-15-20(16-14-18)25-28-24(23-12-3-2-6-17-29(23)25)26(30)27-22-11-7-9-19-8-4-5-10-21(19)22/h4-5,8,10,13-16,22H,2-3,6-7,9,11-12,17H2,1H3,(H,27,30). The molecule has 0 saturated carbocycles. The summed E-state index contributed by atoms with van der Waals surface area (Å²) in [6.45, 7) is 3.03. The number of benzene rings is 2. The van der Waals surface area contributed by atoms with Crippen molar-refractivity contribution in [3.8, 4) is 11.4 Å². The van der Waals surface area contributed by atoms with Crippen molar-refractivity contribution in [2.45, 2.75) is 64.5 Å². The lowest BCUT2D eigenvalue weighted by Gasteiger charge is -2.26. The zero-order chi connectivity index (χ0) is 20.5. The van der Waals surface area contributed by atoms with Gasteiger partial charge in [-0.05, 0) is 56.6 Å². The molecule has 2 heterocycles. The molecule has 1 amide bonds. The highest BCUT2D eigenvalue weighted by molar-refractivity contribution is 5.94. The first-order valence-electron chi connectivity index (χ1n) is 11.3. The summed E-state index contributed by atoms with van der Waals surface area (Å²) in [7, 11) is 0. The second kappa shape index (κ2) is 8.10. The molecule has 0 saturated heterocycles. The first-order chi connectivity index (χ1) is 14.7. The Morgan fingerprint density at radius 3 is 2.70 bits per heavy atom. The lowest BCUT2D eigenvalue weighted by Crippen LogP contribution is -2.32. The van der Waals surface area contributed by atoms with Gasteiger partial charge in [-0.2, -0.15) is 0 Å². The third-order valence-electron chi connectivity index (χ3n) is 6.57. The summed E-state index contributed by atoms with van der Waals surface area (Å²) in [5.41, 5.74) is 6.67. The van der Waals surface area contributed by atoms with E-state index in [2.05, 4.69) is 65.3 Å². The van der Waals surface area contributed by atoms with Crippen LogP contribution in [0.15, 0.2) is 48.5 Å². The highest BCUT2D eigenvalue weighted by Crippen LogP contribution is 2.31. The minimum atomic E-state index is -0.0271. The number of carbonyl (C=O) groups is 1. The third-order valence-corrected chi connectivity index (χ3v) is 6.57. The molecule has 1 N–H and O–H groups in total. The number of hydrogen-bond donors (Lipinski definition) is 1. The summed E-state index contributed by atoms with van der Waals surface area (Å²) in [6, 6.07) is 17.1. The molecule has 1 unspecified atom stereocenters. The Labute approximate surface area is 178 Å². The highest BCUT2D eigenvalue weighted by atomic mass is 16.2. The largest absolute Gasteiger partial charge is 0.344 e. The average Bonchev–Trinajstić information content (AvgIpc) is 2.96. The Kier molecular flexibility index (Phi) is 5.16. The maximum atomic E-state index is 13.4. The number of aryl methyl sites for hydroxylation is 2. The number of amides is 1. The second-order valence-electron chi connectivity index (χ2n) is 8.68. The Hall–Kier alpha value is -2.88. The third kappa shape index (κ3) is 3.55. The monoisotopic (exact) mass is 399 g/mol. The fourth-order valence-corrected chi connectivity index (χ4v) is 4.96. The van der Waals surface area contributed by atoms with Crippen molar-refractivity contribution in [3.05, 3.63) is 76.6 Å². The molecule has 1 aromatic heterocycles. The Morgan fingerprint density at radius 2 is 1.83 bits per heavy atom. The molecule has 1 aliphatic heterocycles. The van der Waals surface area contributed by atoms with Crippen LogP contribution < -0.4 is 5.32 Å². The van der Waals surface area contributed by atoms with Gasteiger partial charge in [0.1, 0.15) is 11.5 Å². The number of carbonyl (C=O) groups excluding carboxylic acids is 1. The van der Waals surface area contributed by atoms with Crippen LogP contribution in [0.25, 0.3) is 11.4 Å². The number of imidazole rings is 1. The summed E-state index contributed by atoms with van der Waals surface area (Å²) in [6.07, 6.45) is 7.57. The van der Waals surface area contributed by atoms with Crippen molar-refractivity contribution in [1.29, 1.82) is 0 Å². The molecular weight excluding hydrogens is 370 g/mol. The smallest absolute Gasteiger partial charge is 0.272 e. The molecule has 5 rings (SSSR count). The van der Waals surface area contributed by atoms with Crippen LogP contribution in [0, 0.1) is 6.92 Å². The van der Waals surface area contributed by atoms with Crippen LogP contribution in [0.2, 0.25) is 0 Å². The second-order valence-corrected chi connectivity index (χ2v) is 8.68. The molecule has 0 fully saturated rings. The molecule has 30 heavy (non-hydrogen) atoms. The quantitative estimate of drug-likeness (QED) is 0.642. The van der Waals surface area contributed by atoms with Gasteiger partial charge < -0.3 is 9.88 Å². The first kappa shape index (κ1) is 19.1. The number of aromatic nitrogens is 2. The van der Waals surface area contributed by atoms with E-state index in [1.165, 1.54) is 23.1 Å². The first-order valence-corrected chi connectivity index (χ1v) is 11.3. The van der Waals surface area contributed by atoms with Gasteiger partial charge >= 0.3 is 0 Å². The van der Waals surface area contributed by atoms with Crippen molar-refractivity contribution in [2.75, 3.05) is 0 Å². The van der Waals surface area contributed by atoms with Gasteiger partial charge in [-0.3, -0.25) is 4.79 Å². The van der Waals surface area contributed by atoms with Gasteiger partial charge in [0.2, 0.25) is 0 Å². The molecule has 4 heteroatoms. The van der Waals surface area contributed by atoms with Crippen molar-refractivity contribution < 1.29 is 4.79 Å². The van der Waals surface area contributed by atoms with Crippen LogP contribution in [0.1, 0.15) is 71.0 Å². The Morgan fingerprint density at radius 1 is 1.00 bits per heavy atom. The molecule has 0 radical (unpaired) electrons. The lowest BCUT2D eigenvalue weighted by atomic mass is 9.87. The van der Waals surface area contributed by atoms with Crippen LogP contribution in [-0.4, -0.2) is 15.5 Å². The van der Waals surface area contributed by atoms with Gasteiger partial charge in [0, 0.05) is 12.1 Å². The van der Waals surface area contributed by atoms with E-state index in [0.29, 0.717) is 5.69 Å². The topological polar surface area (TPSA) is 46.9 Å². The highest BCUT2D eigenvalue weighted by Gasteiger charge is 2.27. The van der Waals surface area contributed by atoms with Crippen molar-refractivity contribution in [3.63, 3.8) is 0 Å². The van der Waals surface area contributed by atoms with Gasteiger partial charge in [-0.25, -0.2) is 4.98 Å². The van der Waals surface area contributed by atoms with Crippen LogP contribution in [-0.2, 0) is 19.4 Å². The van der Waals surface area contributed by atoms with E-state index in [4.69, 9.17) is 4.98 Å². The predicted octanol–water partition coefficient (Wildman–Crippen LogP) is 5.39. The Balaban J connectivity index is 1.50. The molecule has 1 aliphatic carbocycles. The normalized spacial score (nSPS) is 18.2. The number of nitrogens with zero attached hydrogens (tertiary/aromatic N) is 2. The van der Waals surface area contributed by atoms with E-state index in [0.717, 1.165) is 62.2 Å². The summed E-state index contributed by atoms with van der Waals surface area (Å²) in [4.78, 5) is 18.3. The molecule has 3 aromatic rings. The average molecular weight is 400 g/mol. The van der Waals surface area contributed by atoms with Crippen LogP contribution in [0.4, 0.5) is 0 Å². The minimum Gasteiger partial charge on any atom is -0.344 e. The fourth-order valence-electron chi connectivity index (χ4n) is 4.96. The van der Waals surface area contributed by atoms with Crippen LogP contribution in [0.5, 0.6) is 0 Å². The maximum Gasteiger partial charge on any atom is 0.272 e. The predicted molar refractivity (Wildman–Crippen MR) is 120 cm³/mol. The molecule has 2 aliphatic rings. The number of nitrogens with one attached hydrogen (secondary N) is 1. The van der Waals surface area contributed by atoms with E-state index >= 15 is 0 Å². The molecular formula is C26H29N3O. The van der Waals surface area contributed by atoms with Crippen molar-refractivity contribution >= 4 is 5.91 Å². The van der Waals surface area contributed by atoms with Gasteiger partial charge in [0.25, 0.3) is 5.91 Å². The van der Waals surface area contributed by atoms with Gasteiger partial charge in [0.05, 0.1) is 11.7 Å². The van der Waals surface area contributed by atoms with Crippen molar-refractivity contribution in [2.24, 2.45) is 0 Å². The van der Waals surface area contributed by atoms with Crippen molar-refractivity contribution in [1.82, 2.24) is 14.9 Å². The fraction of sp³-hybridized carbons (Fsp3) is 0.385. The van der Waals surface area contributed by atoms with Crippen LogP contribution >= 0.6 is 0 Å². The maximum absolute atomic E-state index is 13.4. The van der Waals surface area contributed by atoms with Gasteiger partial charge in [-0.1, -0.05) is 60.5 Å². The lowest BCUT2D eigenvalue weighted by molar-refractivity contribution is 0.0927.